The Morgan fingerprint density at radius 1 is 0.966 bits per heavy atom. The molecule has 5 nitrogen and oxygen atoms in total. The number of thiophene rings is 1. The van der Waals surface area contributed by atoms with Crippen molar-refractivity contribution in [2.45, 2.75) is 39.7 Å². The number of fused-ring (bicyclic) bond motifs is 1. The molecule has 150 valence electrons. The molecule has 0 amide bonds. The van der Waals surface area contributed by atoms with Crippen molar-refractivity contribution in [2.75, 3.05) is 17.2 Å². The predicted octanol–water partition coefficient (Wildman–Crippen LogP) is 6.34. The monoisotopic (exact) mass is 423 g/mol. The highest BCUT2D eigenvalue weighted by atomic mass is 32.1. The van der Waals surface area contributed by atoms with Crippen LogP contribution >= 0.6 is 22.7 Å². The summed E-state index contributed by atoms with van der Waals surface area (Å²) >= 11 is 3.42. The van der Waals surface area contributed by atoms with E-state index in [1.54, 1.807) is 22.7 Å². The minimum Gasteiger partial charge on any atom is -0.369 e. The van der Waals surface area contributed by atoms with E-state index in [1.165, 1.54) is 22.4 Å². The van der Waals surface area contributed by atoms with Crippen LogP contribution in [0.4, 0.5) is 11.8 Å². The molecule has 3 aromatic heterocycles. The van der Waals surface area contributed by atoms with Gasteiger partial charge < -0.3 is 10.6 Å². The molecule has 4 rings (SSSR count). The molecule has 4 aromatic rings. The van der Waals surface area contributed by atoms with Gasteiger partial charge in [-0.2, -0.15) is 4.98 Å². The Morgan fingerprint density at radius 3 is 2.66 bits per heavy atom. The smallest absolute Gasteiger partial charge is 0.225 e. The summed E-state index contributed by atoms with van der Waals surface area (Å²) in [5.41, 5.74) is 2.96. The summed E-state index contributed by atoms with van der Waals surface area (Å²) < 4.78 is 1.18. The highest BCUT2D eigenvalue weighted by Gasteiger charge is 2.17. The largest absolute Gasteiger partial charge is 0.369 e. The number of nitrogens with one attached hydrogen (secondary N) is 2. The average molecular weight is 424 g/mol. The van der Waals surface area contributed by atoms with Crippen LogP contribution in [0.25, 0.3) is 20.8 Å². The van der Waals surface area contributed by atoms with Crippen LogP contribution in [0.2, 0.25) is 0 Å². The van der Waals surface area contributed by atoms with E-state index in [0.29, 0.717) is 5.95 Å². The lowest BCUT2D eigenvalue weighted by Gasteiger charge is -2.14. The lowest BCUT2D eigenvalue weighted by atomic mass is 10.2. The van der Waals surface area contributed by atoms with Crippen LogP contribution in [0.3, 0.4) is 0 Å². The van der Waals surface area contributed by atoms with Gasteiger partial charge in [0.15, 0.2) is 0 Å². The normalized spacial score (nSPS) is 11.1. The number of aromatic nitrogens is 3. The maximum absolute atomic E-state index is 4.84. The van der Waals surface area contributed by atoms with E-state index in [4.69, 9.17) is 15.0 Å². The van der Waals surface area contributed by atoms with Gasteiger partial charge in [-0.1, -0.05) is 38.0 Å². The number of thiazole rings is 1. The number of anilines is 2. The van der Waals surface area contributed by atoms with Gasteiger partial charge >= 0.3 is 0 Å². The van der Waals surface area contributed by atoms with E-state index >= 15 is 0 Å². The van der Waals surface area contributed by atoms with Gasteiger partial charge in [0.05, 0.1) is 28.0 Å². The first-order chi connectivity index (χ1) is 14.2. The third-order valence-electron chi connectivity index (χ3n) is 4.67. The molecule has 0 spiro atoms. The summed E-state index contributed by atoms with van der Waals surface area (Å²) in [4.78, 5) is 15.7. The Balaban J connectivity index is 1.65. The third-order valence-corrected chi connectivity index (χ3v) is 6.60. The second-order valence-corrected chi connectivity index (χ2v) is 8.97. The molecule has 0 saturated heterocycles. The molecule has 0 saturated carbocycles. The van der Waals surface area contributed by atoms with Gasteiger partial charge in [0.2, 0.25) is 5.95 Å². The zero-order valence-corrected chi connectivity index (χ0v) is 18.4. The molecule has 0 aliphatic heterocycles. The maximum Gasteiger partial charge on any atom is 0.225 e. The van der Waals surface area contributed by atoms with Crippen LogP contribution in [0.5, 0.6) is 0 Å². The molecule has 1 aromatic carbocycles. The summed E-state index contributed by atoms with van der Waals surface area (Å²) in [6.45, 7) is 5.88. The molecule has 0 atom stereocenters. The Bertz CT molecular complexity index is 1040. The first kappa shape index (κ1) is 19.8. The minimum absolute atomic E-state index is 0.652. The van der Waals surface area contributed by atoms with Crippen LogP contribution in [0.1, 0.15) is 36.8 Å². The third kappa shape index (κ3) is 4.74. The van der Waals surface area contributed by atoms with Gasteiger partial charge in [-0.05, 0) is 36.9 Å². The highest BCUT2D eigenvalue weighted by Crippen LogP contribution is 2.36. The predicted molar refractivity (Wildman–Crippen MR) is 125 cm³/mol. The maximum atomic E-state index is 4.84. The standard InChI is InChI=1S/C22H25N5S2/c1-3-4-7-12-23-20-19(21-26-17-10-5-6-11-18(17)29-21)15(2)25-22(27-20)24-14-16-9-8-13-28-16/h5-6,8-11,13H,3-4,7,12,14H2,1-2H3,(H2,23,24,25,27). The Morgan fingerprint density at radius 2 is 1.86 bits per heavy atom. The molecule has 0 unspecified atom stereocenters. The number of hydrogen-bond donors (Lipinski definition) is 2. The van der Waals surface area contributed by atoms with Crippen LogP contribution in [-0.4, -0.2) is 21.5 Å². The zero-order chi connectivity index (χ0) is 20.1. The SMILES string of the molecule is CCCCCNc1nc(NCc2cccs2)nc(C)c1-c1nc2ccccc2s1. The number of nitrogens with zero attached hydrogens (tertiary/aromatic N) is 3. The quantitative estimate of drug-likeness (QED) is 0.308. The van der Waals surface area contributed by atoms with Crippen molar-refractivity contribution in [3.8, 4) is 10.6 Å². The number of rotatable bonds is 9. The van der Waals surface area contributed by atoms with Crippen molar-refractivity contribution >= 4 is 44.7 Å². The van der Waals surface area contributed by atoms with Gasteiger partial charge in [0, 0.05) is 11.4 Å². The summed E-state index contributed by atoms with van der Waals surface area (Å²) in [6.07, 6.45) is 3.52. The molecule has 0 bridgehead atoms. The fraction of sp³-hybridized carbons (Fsp3) is 0.318. The number of hydrogen-bond acceptors (Lipinski definition) is 7. The molecular formula is C22H25N5S2. The second-order valence-electron chi connectivity index (χ2n) is 6.91. The van der Waals surface area contributed by atoms with Crippen LogP contribution in [0, 0.1) is 6.92 Å². The topological polar surface area (TPSA) is 62.7 Å². The molecular weight excluding hydrogens is 398 g/mol. The molecule has 0 aliphatic carbocycles. The van der Waals surface area contributed by atoms with Gasteiger partial charge in [0.1, 0.15) is 10.8 Å². The van der Waals surface area contributed by atoms with Gasteiger partial charge in [-0.15, -0.1) is 22.7 Å². The van der Waals surface area contributed by atoms with Gasteiger partial charge in [-0.3, -0.25) is 0 Å². The molecule has 2 N–H and O–H groups in total. The Hall–Kier alpha value is -2.51. The minimum atomic E-state index is 0.652. The van der Waals surface area contributed by atoms with Crippen molar-refractivity contribution in [3.05, 3.63) is 52.3 Å². The lowest BCUT2D eigenvalue weighted by molar-refractivity contribution is 0.742. The van der Waals surface area contributed by atoms with Crippen molar-refractivity contribution in [1.29, 1.82) is 0 Å². The molecule has 7 heteroatoms. The van der Waals surface area contributed by atoms with Crippen LogP contribution < -0.4 is 10.6 Å². The Labute approximate surface area is 179 Å². The second kappa shape index (κ2) is 9.33. The van der Waals surface area contributed by atoms with Gasteiger partial charge in [0.25, 0.3) is 0 Å². The molecule has 0 radical (unpaired) electrons. The summed E-state index contributed by atoms with van der Waals surface area (Å²) in [5, 5.41) is 9.96. The fourth-order valence-corrected chi connectivity index (χ4v) is 4.88. The van der Waals surface area contributed by atoms with Gasteiger partial charge in [-0.25, -0.2) is 9.97 Å². The first-order valence-electron chi connectivity index (χ1n) is 9.99. The number of aryl methyl sites for hydroxylation is 1. The van der Waals surface area contributed by atoms with Crippen LogP contribution in [-0.2, 0) is 6.54 Å². The first-order valence-corrected chi connectivity index (χ1v) is 11.7. The van der Waals surface area contributed by atoms with Crippen molar-refractivity contribution in [2.24, 2.45) is 0 Å². The van der Waals surface area contributed by atoms with E-state index in [-0.39, 0.29) is 0 Å². The van der Waals surface area contributed by atoms with Crippen molar-refractivity contribution < 1.29 is 0 Å². The summed E-state index contributed by atoms with van der Waals surface area (Å²) in [6, 6.07) is 12.4. The van der Waals surface area contributed by atoms with E-state index < -0.39 is 0 Å². The van der Waals surface area contributed by atoms with E-state index in [1.807, 2.05) is 13.0 Å². The van der Waals surface area contributed by atoms with Crippen molar-refractivity contribution in [3.63, 3.8) is 0 Å². The molecule has 0 fully saturated rings. The number of para-hydroxylation sites is 1. The molecule has 29 heavy (non-hydrogen) atoms. The highest BCUT2D eigenvalue weighted by molar-refractivity contribution is 7.21. The van der Waals surface area contributed by atoms with E-state index in [2.05, 4.69) is 53.3 Å². The van der Waals surface area contributed by atoms with Crippen molar-refractivity contribution in [1.82, 2.24) is 15.0 Å². The Kier molecular flexibility index (Phi) is 6.36. The van der Waals surface area contributed by atoms with Crippen LogP contribution in [0.15, 0.2) is 41.8 Å². The zero-order valence-electron chi connectivity index (χ0n) is 16.7. The number of unbranched alkanes of at least 4 members (excludes halogenated alkanes) is 2. The van der Waals surface area contributed by atoms with E-state index in [0.717, 1.165) is 47.1 Å². The van der Waals surface area contributed by atoms with E-state index in [9.17, 15) is 0 Å². The molecule has 3 heterocycles. The summed E-state index contributed by atoms with van der Waals surface area (Å²) in [5.74, 6) is 1.51. The number of benzene rings is 1. The fourth-order valence-electron chi connectivity index (χ4n) is 3.18. The average Bonchev–Trinajstić information content (AvgIpc) is 3.38. The lowest BCUT2D eigenvalue weighted by Crippen LogP contribution is -2.10. The molecule has 0 aliphatic rings. The summed E-state index contributed by atoms with van der Waals surface area (Å²) in [7, 11) is 0.